The van der Waals surface area contributed by atoms with Crippen molar-refractivity contribution in [3.63, 3.8) is 0 Å². The van der Waals surface area contributed by atoms with Crippen molar-refractivity contribution in [3.05, 3.63) is 57.7 Å². The van der Waals surface area contributed by atoms with Gasteiger partial charge in [-0.3, -0.25) is 9.59 Å². The van der Waals surface area contributed by atoms with Crippen molar-refractivity contribution in [1.82, 2.24) is 4.57 Å². The Morgan fingerprint density at radius 1 is 1.35 bits per heavy atom. The van der Waals surface area contributed by atoms with Crippen LogP contribution in [0.1, 0.15) is 0 Å². The van der Waals surface area contributed by atoms with E-state index in [-0.39, 0.29) is 22.8 Å². The lowest BCUT2D eigenvalue weighted by Gasteiger charge is -2.09. The van der Waals surface area contributed by atoms with Crippen molar-refractivity contribution in [2.24, 2.45) is 0 Å². The highest BCUT2D eigenvalue weighted by molar-refractivity contribution is 6.33. The summed E-state index contributed by atoms with van der Waals surface area (Å²) < 4.78 is 14.6. The van der Waals surface area contributed by atoms with Crippen LogP contribution in [0, 0.1) is 5.82 Å². The Hall–Kier alpha value is -2.34. The summed E-state index contributed by atoms with van der Waals surface area (Å²) in [5.41, 5.74) is 5.38. The molecule has 0 aliphatic heterocycles. The van der Waals surface area contributed by atoms with Crippen molar-refractivity contribution in [3.8, 4) is 0 Å². The standard InChI is InChI=1S/C13H11ClFN3O2/c14-9-2-1-3-10(15)13(9)17-11(19)7-18-6-8(16)4-5-12(18)20/h1-6H,7,16H2,(H,17,19). The highest BCUT2D eigenvalue weighted by Gasteiger charge is 2.11. The summed E-state index contributed by atoms with van der Waals surface area (Å²) in [5.74, 6) is -1.23. The monoisotopic (exact) mass is 295 g/mol. The Morgan fingerprint density at radius 2 is 2.10 bits per heavy atom. The van der Waals surface area contributed by atoms with Gasteiger partial charge in [-0.25, -0.2) is 4.39 Å². The third-order valence-corrected chi connectivity index (χ3v) is 2.86. The Morgan fingerprint density at radius 3 is 2.80 bits per heavy atom. The lowest BCUT2D eigenvalue weighted by atomic mass is 10.3. The lowest BCUT2D eigenvalue weighted by Crippen LogP contribution is -2.27. The molecule has 3 N–H and O–H groups in total. The van der Waals surface area contributed by atoms with Crippen LogP contribution in [0.4, 0.5) is 15.8 Å². The number of hydrogen-bond acceptors (Lipinski definition) is 3. The molecule has 5 nitrogen and oxygen atoms in total. The second-order valence-corrected chi connectivity index (χ2v) is 4.48. The third kappa shape index (κ3) is 3.16. The molecule has 0 saturated heterocycles. The van der Waals surface area contributed by atoms with Crippen LogP contribution in [0.2, 0.25) is 5.02 Å². The van der Waals surface area contributed by atoms with E-state index in [0.717, 1.165) is 4.57 Å². The lowest BCUT2D eigenvalue weighted by molar-refractivity contribution is -0.116. The molecule has 0 saturated carbocycles. The maximum atomic E-state index is 13.5. The minimum Gasteiger partial charge on any atom is -0.398 e. The molecular formula is C13H11ClFN3O2. The first kappa shape index (κ1) is 14.1. The minimum absolute atomic E-state index is 0.0817. The van der Waals surface area contributed by atoms with Gasteiger partial charge in [0.25, 0.3) is 5.56 Å². The summed E-state index contributed by atoms with van der Waals surface area (Å²) in [6.07, 6.45) is 1.34. The number of hydrogen-bond donors (Lipinski definition) is 2. The van der Waals surface area contributed by atoms with Crippen LogP contribution < -0.4 is 16.6 Å². The molecule has 1 aromatic carbocycles. The zero-order chi connectivity index (χ0) is 14.7. The number of carbonyl (C=O) groups is 1. The normalized spacial score (nSPS) is 10.3. The van der Waals surface area contributed by atoms with Gasteiger partial charge in [0.15, 0.2) is 0 Å². The van der Waals surface area contributed by atoms with Crippen LogP contribution in [0.15, 0.2) is 41.3 Å². The molecule has 0 aliphatic carbocycles. The largest absolute Gasteiger partial charge is 0.398 e. The molecule has 0 spiro atoms. The number of para-hydroxylation sites is 1. The van der Waals surface area contributed by atoms with Crippen molar-refractivity contribution >= 4 is 28.9 Å². The van der Waals surface area contributed by atoms with Gasteiger partial charge in [0, 0.05) is 18.0 Å². The van der Waals surface area contributed by atoms with Crippen LogP contribution in [-0.2, 0) is 11.3 Å². The van der Waals surface area contributed by atoms with Gasteiger partial charge in [-0.15, -0.1) is 0 Å². The van der Waals surface area contributed by atoms with E-state index in [9.17, 15) is 14.0 Å². The van der Waals surface area contributed by atoms with Gasteiger partial charge < -0.3 is 15.6 Å². The predicted molar refractivity (Wildman–Crippen MR) is 75.2 cm³/mol. The highest BCUT2D eigenvalue weighted by Crippen LogP contribution is 2.24. The van der Waals surface area contributed by atoms with E-state index in [2.05, 4.69) is 5.32 Å². The van der Waals surface area contributed by atoms with Crippen molar-refractivity contribution < 1.29 is 9.18 Å². The van der Waals surface area contributed by atoms with Crippen LogP contribution in [0.5, 0.6) is 0 Å². The number of amides is 1. The Balaban J connectivity index is 2.17. The van der Waals surface area contributed by atoms with E-state index < -0.39 is 11.7 Å². The number of nitrogen functional groups attached to an aromatic ring is 1. The zero-order valence-corrected chi connectivity index (χ0v) is 11.0. The number of rotatable bonds is 3. The fourth-order valence-electron chi connectivity index (χ4n) is 1.62. The molecule has 2 rings (SSSR count). The molecule has 1 amide bonds. The molecule has 2 aromatic rings. The smallest absolute Gasteiger partial charge is 0.251 e. The first-order valence-corrected chi connectivity index (χ1v) is 6.05. The zero-order valence-electron chi connectivity index (χ0n) is 10.3. The number of halogens is 2. The Labute approximate surface area is 118 Å². The number of nitrogens with two attached hydrogens (primary N) is 1. The molecule has 1 heterocycles. The molecule has 20 heavy (non-hydrogen) atoms. The quantitative estimate of drug-likeness (QED) is 0.907. The van der Waals surface area contributed by atoms with E-state index in [0.29, 0.717) is 5.69 Å². The Kier molecular flexibility index (Phi) is 4.05. The topological polar surface area (TPSA) is 77.1 Å². The van der Waals surface area contributed by atoms with Gasteiger partial charge in [-0.05, 0) is 18.2 Å². The second kappa shape index (κ2) is 5.75. The van der Waals surface area contributed by atoms with E-state index in [1.165, 1.54) is 36.5 Å². The molecule has 0 bridgehead atoms. The molecule has 0 atom stereocenters. The van der Waals surface area contributed by atoms with Crippen molar-refractivity contribution in [2.45, 2.75) is 6.54 Å². The third-order valence-electron chi connectivity index (χ3n) is 2.55. The van der Waals surface area contributed by atoms with Crippen LogP contribution >= 0.6 is 11.6 Å². The fraction of sp³-hybridized carbons (Fsp3) is 0.0769. The van der Waals surface area contributed by atoms with Crippen molar-refractivity contribution in [2.75, 3.05) is 11.1 Å². The molecule has 0 fully saturated rings. The second-order valence-electron chi connectivity index (χ2n) is 4.07. The first-order valence-electron chi connectivity index (χ1n) is 5.67. The van der Waals surface area contributed by atoms with Crippen LogP contribution in [0.3, 0.4) is 0 Å². The number of pyridine rings is 1. The van der Waals surface area contributed by atoms with Gasteiger partial charge >= 0.3 is 0 Å². The van der Waals surface area contributed by atoms with E-state index in [4.69, 9.17) is 17.3 Å². The fourth-order valence-corrected chi connectivity index (χ4v) is 1.83. The summed E-state index contributed by atoms with van der Waals surface area (Å²) in [6.45, 7) is -0.283. The molecule has 7 heteroatoms. The molecular weight excluding hydrogens is 285 g/mol. The average Bonchev–Trinajstić information content (AvgIpc) is 2.38. The predicted octanol–water partition coefficient (Wildman–Crippen LogP) is 1.86. The van der Waals surface area contributed by atoms with Gasteiger partial charge in [0.05, 0.1) is 10.7 Å². The summed E-state index contributed by atoms with van der Waals surface area (Å²) in [6, 6.07) is 6.74. The maximum absolute atomic E-state index is 13.5. The maximum Gasteiger partial charge on any atom is 0.251 e. The highest BCUT2D eigenvalue weighted by atomic mass is 35.5. The minimum atomic E-state index is -0.647. The molecule has 0 unspecified atom stereocenters. The number of aromatic nitrogens is 1. The van der Waals surface area contributed by atoms with Crippen LogP contribution in [0.25, 0.3) is 0 Å². The van der Waals surface area contributed by atoms with E-state index in [1.54, 1.807) is 0 Å². The average molecular weight is 296 g/mol. The number of benzene rings is 1. The molecule has 1 aromatic heterocycles. The van der Waals surface area contributed by atoms with Gasteiger partial charge in [-0.1, -0.05) is 17.7 Å². The van der Waals surface area contributed by atoms with Crippen LogP contribution in [-0.4, -0.2) is 10.5 Å². The van der Waals surface area contributed by atoms with Gasteiger partial charge in [0.2, 0.25) is 5.91 Å². The van der Waals surface area contributed by atoms with E-state index in [1.807, 2.05) is 0 Å². The summed E-state index contributed by atoms with van der Waals surface area (Å²) in [4.78, 5) is 23.3. The first-order chi connectivity index (χ1) is 9.47. The summed E-state index contributed by atoms with van der Waals surface area (Å²) in [5, 5.41) is 2.41. The Bertz CT molecular complexity index is 695. The summed E-state index contributed by atoms with van der Waals surface area (Å²) in [7, 11) is 0. The number of nitrogens with one attached hydrogen (secondary N) is 1. The molecule has 0 aliphatic rings. The van der Waals surface area contributed by atoms with Gasteiger partial charge in [-0.2, -0.15) is 0 Å². The van der Waals surface area contributed by atoms with Gasteiger partial charge in [0.1, 0.15) is 12.4 Å². The number of carbonyl (C=O) groups excluding carboxylic acids is 1. The summed E-state index contributed by atoms with van der Waals surface area (Å²) >= 11 is 5.79. The van der Waals surface area contributed by atoms with E-state index >= 15 is 0 Å². The SMILES string of the molecule is Nc1ccc(=O)n(CC(=O)Nc2c(F)cccc2Cl)c1. The number of nitrogens with zero attached hydrogens (tertiary/aromatic N) is 1. The molecule has 104 valence electrons. The molecule has 0 radical (unpaired) electrons. The van der Waals surface area contributed by atoms with Crippen molar-refractivity contribution in [1.29, 1.82) is 0 Å². The number of anilines is 2.